The first kappa shape index (κ1) is 14.3. The number of nitrogens with one attached hydrogen (secondary N) is 1. The Balaban J connectivity index is 1.79. The van der Waals surface area contributed by atoms with E-state index in [1.165, 1.54) is 29.8 Å². The van der Waals surface area contributed by atoms with Gasteiger partial charge in [-0.05, 0) is 37.4 Å². The maximum Gasteiger partial charge on any atom is 0.110 e. The van der Waals surface area contributed by atoms with Crippen molar-refractivity contribution in [2.45, 2.75) is 51.1 Å². The Morgan fingerprint density at radius 3 is 3.05 bits per heavy atom. The van der Waals surface area contributed by atoms with Crippen LogP contribution in [0, 0.1) is 0 Å². The summed E-state index contributed by atoms with van der Waals surface area (Å²) >= 11 is 0. The Hall–Kier alpha value is -1.61. The van der Waals surface area contributed by atoms with Crippen molar-refractivity contribution in [2.75, 3.05) is 7.05 Å². The number of rotatable bonds is 6. The molecule has 0 saturated heterocycles. The van der Waals surface area contributed by atoms with E-state index in [4.69, 9.17) is 0 Å². The monoisotopic (exact) mass is 283 g/mol. The molecule has 0 fully saturated rings. The second-order valence-electron chi connectivity index (χ2n) is 5.98. The summed E-state index contributed by atoms with van der Waals surface area (Å²) in [6.45, 7) is 3.28. The topological polar surface area (TPSA) is 29.9 Å². The van der Waals surface area contributed by atoms with E-state index in [1.807, 2.05) is 6.20 Å². The standard InChI is InChI=1S/C18H25N3/c1-3-11-21-12-10-20-18(21)13-17(19-2)16-9-8-14-6-4-5-7-15(14)16/h4-7,10,12,16-17,19H,3,8-9,11,13H2,1-2H3. The Labute approximate surface area is 127 Å². The van der Waals surface area contributed by atoms with E-state index in [0.717, 1.165) is 19.4 Å². The van der Waals surface area contributed by atoms with Crippen molar-refractivity contribution in [3.8, 4) is 0 Å². The number of likely N-dealkylation sites (N-methyl/N-ethyl adjacent to an activating group) is 1. The lowest BCUT2D eigenvalue weighted by molar-refractivity contribution is 0.439. The third kappa shape index (κ3) is 2.88. The minimum absolute atomic E-state index is 0.464. The van der Waals surface area contributed by atoms with Crippen LogP contribution in [0.2, 0.25) is 0 Å². The zero-order chi connectivity index (χ0) is 14.7. The fraction of sp³-hybridized carbons (Fsp3) is 0.500. The van der Waals surface area contributed by atoms with Crippen molar-refractivity contribution in [3.05, 3.63) is 53.6 Å². The van der Waals surface area contributed by atoms with Crippen LogP contribution in [0.3, 0.4) is 0 Å². The molecule has 2 aromatic rings. The molecule has 0 aliphatic heterocycles. The molecule has 1 aromatic heterocycles. The average Bonchev–Trinajstić information content (AvgIpc) is 3.12. The second-order valence-corrected chi connectivity index (χ2v) is 5.98. The SMILES string of the molecule is CCCn1ccnc1CC(NC)C1CCc2ccccc21. The second kappa shape index (κ2) is 6.44. The van der Waals surface area contributed by atoms with E-state index in [-0.39, 0.29) is 0 Å². The number of hydrogen-bond acceptors (Lipinski definition) is 2. The van der Waals surface area contributed by atoms with Gasteiger partial charge in [0.1, 0.15) is 5.82 Å². The summed E-state index contributed by atoms with van der Waals surface area (Å²) in [5.41, 5.74) is 3.06. The highest BCUT2D eigenvalue weighted by Gasteiger charge is 2.29. The summed E-state index contributed by atoms with van der Waals surface area (Å²) in [5.74, 6) is 1.82. The van der Waals surface area contributed by atoms with Crippen LogP contribution < -0.4 is 5.32 Å². The maximum absolute atomic E-state index is 4.57. The van der Waals surface area contributed by atoms with Gasteiger partial charge in [0, 0.05) is 37.3 Å². The maximum atomic E-state index is 4.57. The minimum Gasteiger partial charge on any atom is -0.335 e. The number of benzene rings is 1. The molecular formula is C18H25N3. The summed E-state index contributed by atoms with van der Waals surface area (Å²) in [6.07, 6.45) is 8.65. The van der Waals surface area contributed by atoms with Gasteiger partial charge in [0.2, 0.25) is 0 Å². The number of imidazole rings is 1. The summed E-state index contributed by atoms with van der Waals surface area (Å²) in [6, 6.07) is 9.37. The molecule has 112 valence electrons. The molecule has 21 heavy (non-hydrogen) atoms. The molecule has 1 aliphatic carbocycles. The number of nitrogens with zero attached hydrogens (tertiary/aromatic N) is 2. The van der Waals surface area contributed by atoms with E-state index in [2.05, 4.69) is 59.3 Å². The van der Waals surface area contributed by atoms with E-state index in [0.29, 0.717) is 12.0 Å². The molecule has 2 atom stereocenters. The van der Waals surface area contributed by atoms with Gasteiger partial charge in [-0.1, -0.05) is 31.2 Å². The highest BCUT2D eigenvalue weighted by molar-refractivity contribution is 5.36. The Morgan fingerprint density at radius 1 is 1.38 bits per heavy atom. The summed E-state index contributed by atoms with van der Waals surface area (Å²) in [7, 11) is 2.08. The van der Waals surface area contributed by atoms with Crippen molar-refractivity contribution in [3.63, 3.8) is 0 Å². The molecule has 2 unspecified atom stereocenters. The van der Waals surface area contributed by atoms with Gasteiger partial charge >= 0.3 is 0 Å². The molecule has 1 N–H and O–H groups in total. The van der Waals surface area contributed by atoms with Gasteiger partial charge in [0.25, 0.3) is 0 Å². The highest BCUT2D eigenvalue weighted by atomic mass is 15.1. The molecule has 3 heteroatoms. The fourth-order valence-electron chi connectivity index (χ4n) is 3.62. The zero-order valence-electron chi connectivity index (χ0n) is 13.0. The van der Waals surface area contributed by atoms with E-state index in [1.54, 1.807) is 0 Å². The van der Waals surface area contributed by atoms with Crippen LogP contribution in [0.15, 0.2) is 36.7 Å². The van der Waals surface area contributed by atoms with E-state index >= 15 is 0 Å². The number of aromatic nitrogens is 2. The molecule has 0 spiro atoms. The minimum atomic E-state index is 0.464. The molecule has 1 aliphatic rings. The third-order valence-corrected chi connectivity index (χ3v) is 4.70. The van der Waals surface area contributed by atoms with E-state index < -0.39 is 0 Å². The lowest BCUT2D eigenvalue weighted by Gasteiger charge is -2.24. The lowest BCUT2D eigenvalue weighted by Crippen LogP contribution is -2.34. The molecular weight excluding hydrogens is 258 g/mol. The van der Waals surface area contributed by atoms with Crippen molar-refractivity contribution < 1.29 is 0 Å². The van der Waals surface area contributed by atoms with Crippen LogP contribution in [0.25, 0.3) is 0 Å². The highest BCUT2D eigenvalue weighted by Crippen LogP contribution is 2.36. The number of fused-ring (bicyclic) bond motifs is 1. The van der Waals surface area contributed by atoms with Gasteiger partial charge in [-0.15, -0.1) is 0 Å². The normalized spacial score (nSPS) is 18.7. The molecule has 3 nitrogen and oxygen atoms in total. The summed E-state index contributed by atoms with van der Waals surface area (Å²) in [5, 5.41) is 3.54. The average molecular weight is 283 g/mol. The Bertz CT molecular complexity index is 588. The number of hydrogen-bond donors (Lipinski definition) is 1. The fourth-order valence-corrected chi connectivity index (χ4v) is 3.62. The first-order valence-corrected chi connectivity index (χ1v) is 8.08. The lowest BCUT2D eigenvalue weighted by atomic mass is 9.91. The van der Waals surface area contributed by atoms with Crippen LogP contribution in [0.4, 0.5) is 0 Å². The Kier molecular flexibility index (Phi) is 4.39. The molecule has 1 heterocycles. The zero-order valence-corrected chi connectivity index (χ0v) is 13.0. The predicted octanol–water partition coefficient (Wildman–Crippen LogP) is 3.15. The first-order chi connectivity index (χ1) is 10.3. The number of aryl methyl sites for hydroxylation is 2. The smallest absolute Gasteiger partial charge is 0.110 e. The largest absolute Gasteiger partial charge is 0.335 e. The molecule has 0 amide bonds. The van der Waals surface area contributed by atoms with Gasteiger partial charge in [0.15, 0.2) is 0 Å². The van der Waals surface area contributed by atoms with Crippen molar-refractivity contribution >= 4 is 0 Å². The van der Waals surface area contributed by atoms with Crippen molar-refractivity contribution in [2.24, 2.45) is 0 Å². The molecule has 1 aromatic carbocycles. The van der Waals surface area contributed by atoms with Crippen LogP contribution in [-0.4, -0.2) is 22.6 Å². The van der Waals surface area contributed by atoms with Crippen LogP contribution in [0.1, 0.15) is 42.6 Å². The van der Waals surface area contributed by atoms with Gasteiger partial charge < -0.3 is 9.88 Å². The third-order valence-electron chi connectivity index (χ3n) is 4.70. The molecule has 0 bridgehead atoms. The first-order valence-electron chi connectivity index (χ1n) is 8.08. The van der Waals surface area contributed by atoms with Crippen LogP contribution in [0.5, 0.6) is 0 Å². The molecule has 0 saturated carbocycles. The molecule has 0 radical (unpaired) electrons. The van der Waals surface area contributed by atoms with E-state index in [9.17, 15) is 0 Å². The van der Waals surface area contributed by atoms with Crippen molar-refractivity contribution in [1.82, 2.24) is 14.9 Å². The van der Waals surface area contributed by atoms with Gasteiger partial charge in [0.05, 0.1) is 0 Å². The molecule has 3 rings (SSSR count). The van der Waals surface area contributed by atoms with Crippen molar-refractivity contribution in [1.29, 1.82) is 0 Å². The predicted molar refractivity (Wildman–Crippen MR) is 86.6 cm³/mol. The summed E-state index contributed by atoms with van der Waals surface area (Å²) in [4.78, 5) is 4.57. The van der Waals surface area contributed by atoms with Crippen LogP contribution >= 0.6 is 0 Å². The van der Waals surface area contributed by atoms with Gasteiger partial charge in [-0.25, -0.2) is 4.98 Å². The van der Waals surface area contributed by atoms with Gasteiger partial charge in [-0.3, -0.25) is 0 Å². The Morgan fingerprint density at radius 2 is 2.24 bits per heavy atom. The van der Waals surface area contributed by atoms with Gasteiger partial charge in [-0.2, -0.15) is 0 Å². The summed E-state index contributed by atoms with van der Waals surface area (Å²) < 4.78 is 2.30. The quantitative estimate of drug-likeness (QED) is 0.882. The van der Waals surface area contributed by atoms with Crippen LogP contribution in [-0.2, 0) is 19.4 Å².